The van der Waals surface area contributed by atoms with E-state index >= 15 is 0 Å². The van der Waals surface area contributed by atoms with E-state index in [9.17, 15) is 22.4 Å². The van der Waals surface area contributed by atoms with Gasteiger partial charge < -0.3 is 4.74 Å². The summed E-state index contributed by atoms with van der Waals surface area (Å²) in [7, 11) is 0. The van der Waals surface area contributed by atoms with Crippen molar-refractivity contribution in [2.45, 2.75) is 32.9 Å². The lowest BCUT2D eigenvalue weighted by Gasteiger charge is -2.08. The fourth-order valence-corrected chi connectivity index (χ4v) is 1.68. The molecular weight excluding hydrogens is 300 g/mol. The molecule has 0 saturated heterocycles. The van der Waals surface area contributed by atoms with E-state index in [2.05, 4.69) is 11.8 Å². The van der Waals surface area contributed by atoms with Crippen LogP contribution in [0.25, 0.3) is 0 Å². The highest BCUT2D eigenvalue weighted by molar-refractivity contribution is 5.71. The van der Waals surface area contributed by atoms with Gasteiger partial charge in [-0.25, -0.2) is 4.39 Å². The topological polar surface area (TPSA) is 26.3 Å². The number of hydrogen-bond donors (Lipinski definition) is 0. The highest BCUT2D eigenvalue weighted by atomic mass is 19.4. The molecule has 0 bridgehead atoms. The lowest BCUT2D eigenvalue weighted by molar-refractivity contribution is -0.147. The van der Waals surface area contributed by atoms with Crippen molar-refractivity contribution in [3.63, 3.8) is 0 Å². The Morgan fingerprint density at radius 3 is 2.64 bits per heavy atom. The average molecular weight is 316 g/mol. The average Bonchev–Trinajstić information content (AvgIpc) is 2.44. The maximum Gasteiger partial charge on any atom is 0.419 e. The third kappa shape index (κ3) is 5.40. The predicted molar refractivity (Wildman–Crippen MR) is 73.3 cm³/mol. The molecule has 0 unspecified atom stereocenters. The molecule has 120 valence electrons. The maximum absolute atomic E-state index is 13.1. The Kier molecular flexibility index (Phi) is 6.41. The summed E-state index contributed by atoms with van der Waals surface area (Å²) in [4.78, 5) is 11.4. The molecule has 0 aliphatic heterocycles. The summed E-state index contributed by atoms with van der Waals surface area (Å²) >= 11 is 0. The minimum absolute atomic E-state index is 0.0810. The molecule has 0 aliphatic rings. The van der Waals surface area contributed by atoms with E-state index in [1.807, 2.05) is 0 Å². The van der Waals surface area contributed by atoms with Gasteiger partial charge in [-0.15, -0.1) is 0 Å². The van der Waals surface area contributed by atoms with Crippen LogP contribution in [0.3, 0.4) is 0 Å². The summed E-state index contributed by atoms with van der Waals surface area (Å²) in [6.07, 6.45) is -3.97. The third-order valence-corrected chi connectivity index (χ3v) is 2.90. The molecule has 0 aliphatic carbocycles. The third-order valence-electron chi connectivity index (χ3n) is 2.90. The van der Waals surface area contributed by atoms with Gasteiger partial charge in [-0.05, 0) is 31.5 Å². The number of carbonyl (C=O) groups excluding carboxylic acids is 1. The molecule has 0 N–H and O–H groups in total. The summed E-state index contributed by atoms with van der Waals surface area (Å²) in [5, 5.41) is 0. The van der Waals surface area contributed by atoms with Crippen molar-refractivity contribution in [2.75, 3.05) is 6.61 Å². The predicted octanol–water partition coefficient (Wildman–Crippen LogP) is 4.18. The van der Waals surface area contributed by atoms with Gasteiger partial charge in [0, 0.05) is 12.0 Å². The molecule has 1 aromatic carbocycles. The normalized spacial score (nSPS) is 12.3. The van der Waals surface area contributed by atoms with Gasteiger partial charge in [0.15, 0.2) is 0 Å². The zero-order valence-corrected chi connectivity index (χ0v) is 12.3. The molecule has 0 fully saturated rings. The minimum atomic E-state index is -4.75. The standard InChI is InChI=1S/C16H16F4O2/c1-3-22-15(21)11(2)6-4-5-7-12-8-9-14(17)13(10-12)16(18,19)20/h8-11H,3-4,6H2,1-2H3/t11-/m0/s1. The monoisotopic (exact) mass is 316 g/mol. The Balaban J connectivity index is 2.68. The van der Waals surface area contributed by atoms with Crippen LogP contribution in [0, 0.1) is 23.6 Å². The van der Waals surface area contributed by atoms with Gasteiger partial charge in [-0.1, -0.05) is 18.8 Å². The summed E-state index contributed by atoms with van der Waals surface area (Å²) in [5.41, 5.74) is -1.25. The fraction of sp³-hybridized carbons (Fsp3) is 0.438. The van der Waals surface area contributed by atoms with E-state index in [4.69, 9.17) is 4.74 Å². The van der Waals surface area contributed by atoms with Crippen LogP contribution in [-0.4, -0.2) is 12.6 Å². The zero-order chi connectivity index (χ0) is 16.8. The van der Waals surface area contributed by atoms with Crippen LogP contribution < -0.4 is 0 Å². The van der Waals surface area contributed by atoms with Crippen LogP contribution in [0.5, 0.6) is 0 Å². The van der Waals surface area contributed by atoms with Crippen LogP contribution in [0.1, 0.15) is 37.8 Å². The fourth-order valence-electron chi connectivity index (χ4n) is 1.68. The summed E-state index contributed by atoms with van der Waals surface area (Å²) in [6, 6.07) is 2.61. The van der Waals surface area contributed by atoms with Crippen molar-refractivity contribution in [3.05, 3.63) is 35.1 Å². The van der Waals surface area contributed by atoms with Crippen molar-refractivity contribution < 1.29 is 27.1 Å². The first-order valence-corrected chi connectivity index (χ1v) is 6.78. The maximum atomic E-state index is 13.1. The van der Waals surface area contributed by atoms with Gasteiger partial charge in [0.05, 0.1) is 18.1 Å². The molecule has 0 radical (unpaired) electrons. The van der Waals surface area contributed by atoms with Crippen LogP contribution >= 0.6 is 0 Å². The van der Waals surface area contributed by atoms with Crippen molar-refractivity contribution in [1.82, 2.24) is 0 Å². The molecule has 22 heavy (non-hydrogen) atoms. The quantitative estimate of drug-likeness (QED) is 0.473. The van der Waals surface area contributed by atoms with Crippen LogP contribution in [-0.2, 0) is 15.7 Å². The van der Waals surface area contributed by atoms with Crippen LogP contribution in [0.15, 0.2) is 18.2 Å². The largest absolute Gasteiger partial charge is 0.466 e. The van der Waals surface area contributed by atoms with E-state index in [-0.39, 0.29) is 17.5 Å². The molecule has 1 aromatic rings. The number of hydrogen-bond acceptors (Lipinski definition) is 2. The molecule has 1 atom stereocenters. The second-order valence-corrected chi connectivity index (χ2v) is 4.69. The summed E-state index contributed by atoms with van der Waals surface area (Å²) in [6.45, 7) is 3.70. The van der Waals surface area contributed by atoms with E-state index < -0.39 is 17.6 Å². The minimum Gasteiger partial charge on any atom is -0.466 e. The molecule has 0 heterocycles. The van der Waals surface area contributed by atoms with Gasteiger partial charge in [0.1, 0.15) is 5.82 Å². The lowest BCUT2D eigenvalue weighted by atomic mass is 10.1. The smallest absolute Gasteiger partial charge is 0.419 e. The van der Waals surface area contributed by atoms with Gasteiger partial charge in [0.2, 0.25) is 0 Å². The van der Waals surface area contributed by atoms with E-state index in [1.165, 1.54) is 6.07 Å². The number of halogens is 4. The molecule has 0 aromatic heterocycles. The number of rotatable bonds is 4. The molecule has 0 saturated carbocycles. The van der Waals surface area contributed by atoms with E-state index in [0.29, 0.717) is 25.5 Å². The van der Waals surface area contributed by atoms with E-state index in [0.717, 1.165) is 6.07 Å². The molecular formula is C16H16F4O2. The van der Waals surface area contributed by atoms with Crippen molar-refractivity contribution in [3.8, 4) is 11.8 Å². The number of ether oxygens (including phenoxy) is 1. The Morgan fingerprint density at radius 1 is 1.36 bits per heavy atom. The van der Waals surface area contributed by atoms with Gasteiger partial charge in [-0.2, -0.15) is 13.2 Å². The number of carbonyl (C=O) groups is 1. The second kappa shape index (κ2) is 7.83. The Morgan fingerprint density at radius 2 is 2.05 bits per heavy atom. The SMILES string of the molecule is CCOC(=O)[C@@H](C)CCC#Cc1ccc(F)c(C(F)(F)F)c1. The summed E-state index contributed by atoms with van der Waals surface area (Å²) in [5.74, 6) is 3.24. The van der Waals surface area contributed by atoms with E-state index in [1.54, 1.807) is 13.8 Å². The van der Waals surface area contributed by atoms with Gasteiger partial charge in [-0.3, -0.25) is 4.79 Å². The Bertz CT molecular complexity index is 582. The number of alkyl halides is 3. The second-order valence-electron chi connectivity index (χ2n) is 4.69. The van der Waals surface area contributed by atoms with Gasteiger partial charge in [0.25, 0.3) is 0 Å². The van der Waals surface area contributed by atoms with Crippen molar-refractivity contribution >= 4 is 5.97 Å². The lowest BCUT2D eigenvalue weighted by Crippen LogP contribution is -2.14. The van der Waals surface area contributed by atoms with Crippen molar-refractivity contribution in [1.29, 1.82) is 0 Å². The first kappa shape index (κ1) is 18.0. The Hall–Kier alpha value is -2.03. The molecule has 0 amide bonds. The van der Waals surface area contributed by atoms with Crippen LogP contribution in [0.2, 0.25) is 0 Å². The molecule has 6 heteroatoms. The zero-order valence-electron chi connectivity index (χ0n) is 12.3. The first-order valence-electron chi connectivity index (χ1n) is 6.78. The van der Waals surface area contributed by atoms with Crippen molar-refractivity contribution in [2.24, 2.45) is 5.92 Å². The molecule has 1 rings (SSSR count). The molecule has 2 nitrogen and oxygen atoms in total. The molecule has 0 spiro atoms. The van der Waals surface area contributed by atoms with Gasteiger partial charge >= 0.3 is 12.1 Å². The summed E-state index contributed by atoms with van der Waals surface area (Å²) < 4.78 is 55.6. The Labute approximate surface area is 126 Å². The number of esters is 1. The van der Waals surface area contributed by atoms with Crippen LogP contribution in [0.4, 0.5) is 17.6 Å². The number of benzene rings is 1. The highest BCUT2D eigenvalue weighted by Gasteiger charge is 2.34. The first-order chi connectivity index (χ1) is 10.3. The highest BCUT2D eigenvalue weighted by Crippen LogP contribution is 2.31.